The minimum atomic E-state index is -1.13. The number of benzene rings is 1. The summed E-state index contributed by atoms with van der Waals surface area (Å²) in [6, 6.07) is 3.79. The maximum atomic E-state index is 13.9. The molecule has 1 aliphatic heterocycles. The first-order chi connectivity index (χ1) is 31.8. The second-order valence-corrected chi connectivity index (χ2v) is 17.5. The van der Waals surface area contributed by atoms with E-state index in [2.05, 4.69) is 21.3 Å². The van der Waals surface area contributed by atoms with Crippen LogP contribution in [0.15, 0.2) is 24.3 Å². The number of amides is 7. The second kappa shape index (κ2) is 31.6. The van der Waals surface area contributed by atoms with E-state index in [0.29, 0.717) is 44.1 Å². The number of Topliss-reactive ketones (excluding diaryl/α,β-unsaturated/α-hetero) is 2. The number of rotatable bonds is 35. The van der Waals surface area contributed by atoms with Gasteiger partial charge in [0.15, 0.2) is 5.78 Å². The largest absolute Gasteiger partial charge is 0.461 e. The predicted octanol–water partition coefficient (Wildman–Crippen LogP) is 2.83. The molecule has 4 atom stereocenters. The van der Waals surface area contributed by atoms with Gasteiger partial charge in [-0.3, -0.25) is 38.5 Å². The van der Waals surface area contributed by atoms with Crippen molar-refractivity contribution < 1.29 is 66.8 Å². The monoisotopic (exact) mass is 947 g/mol. The second-order valence-electron chi connectivity index (χ2n) is 17.5. The molecule has 1 unspecified atom stereocenters. The van der Waals surface area contributed by atoms with Gasteiger partial charge >= 0.3 is 12.0 Å². The van der Waals surface area contributed by atoms with Gasteiger partial charge in [0.2, 0.25) is 29.5 Å². The summed E-state index contributed by atoms with van der Waals surface area (Å²) >= 11 is 0. The predicted molar refractivity (Wildman–Crippen MR) is 246 cm³/mol. The van der Waals surface area contributed by atoms with Crippen molar-refractivity contribution in [1.29, 1.82) is 0 Å². The lowest BCUT2D eigenvalue weighted by atomic mass is 9.89. The summed E-state index contributed by atoms with van der Waals surface area (Å²) in [6.45, 7) is 14.5. The van der Waals surface area contributed by atoms with Crippen LogP contribution in [0.3, 0.4) is 0 Å². The number of hydrogen-bond acceptors (Lipinski definition) is 14. The van der Waals surface area contributed by atoms with Crippen molar-refractivity contribution in [2.75, 3.05) is 71.3 Å². The van der Waals surface area contributed by atoms with Crippen LogP contribution in [-0.4, -0.2) is 136 Å². The zero-order chi connectivity index (χ0) is 49.9. The number of nitrogens with one attached hydrogen (secondary N) is 4. The summed E-state index contributed by atoms with van der Waals surface area (Å²) in [4.78, 5) is 115. The van der Waals surface area contributed by atoms with Gasteiger partial charge in [0.05, 0.1) is 71.4 Å². The third-order valence-electron chi connectivity index (χ3n) is 10.8. The van der Waals surface area contributed by atoms with Crippen LogP contribution in [0.1, 0.15) is 99.0 Å². The summed E-state index contributed by atoms with van der Waals surface area (Å²) < 4.78 is 27.3. The Kier molecular flexibility index (Phi) is 27.3. The highest BCUT2D eigenvalue weighted by Gasteiger charge is 2.39. The Morgan fingerprint density at radius 2 is 1.36 bits per heavy atom. The first-order valence-corrected chi connectivity index (χ1v) is 23.2. The number of nitrogens with zero attached hydrogens (tertiary/aromatic N) is 1. The lowest BCUT2D eigenvalue weighted by Crippen LogP contribution is -2.53. The molecule has 1 aromatic carbocycles. The Bertz CT molecular complexity index is 1770. The van der Waals surface area contributed by atoms with Gasteiger partial charge in [-0.1, -0.05) is 53.7 Å². The number of ether oxygens (including phenoxy) is 5. The van der Waals surface area contributed by atoms with Crippen LogP contribution in [0, 0.1) is 29.6 Å². The van der Waals surface area contributed by atoms with Crippen LogP contribution in [0.5, 0.6) is 0 Å². The van der Waals surface area contributed by atoms with Crippen molar-refractivity contribution in [3.05, 3.63) is 29.8 Å². The maximum absolute atomic E-state index is 13.9. The van der Waals surface area contributed by atoms with Gasteiger partial charge in [-0.25, -0.2) is 4.79 Å². The molecular formula is C47H74N6O14. The summed E-state index contributed by atoms with van der Waals surface area (Å²) in [5, 5.41) is 10.7. The number of urea groups is 1. The Labute approximate surface area is 394 Å². The number of carbonyl (C=O) groups is 9. The third-order valence-corrected chi connectivity index (χ3v) is 10.8. The SMILES string of the molecule is CC(=O)CC[C@@H](NC(=O)CCOCCOCCOCCOCCN1C(=O)CC(C(C)C)C1=O)C(=O)N[C@H](C(=O)C[C@@H](CCCNC(N)=O)C(=O)Nc1ccc(COC(=O)C(C)C)cc1)C(C)C. The molecule has 376 valence electrons. The minimum Gasteiger partial charge on any atom is -0.461 e. The van der Waals surface area contributed by atoms with Crippen LogP contribution >= 0.6 is 0 Å². The fraction of sp³-hybridized carbons (Fsp3) is 0.681. The summed E-state index contributed by atoms with van der Waals surface area (Å²) in [5.74, 6) is -4.60. The van der Waals surface area contributed by atoms with Crippen LogP contribution in [0.2, 0.25) is 0 Å². The number of hydrogen-bond donors (Lipinski definition) is 5. The third kappa shape index (κ3) is 23.3. The highest BCUT2D eigenvalue weighted by atomic mass is 16.6. The number of likely N-dealkylation sites (tertiary alicyclic amines) is 1. The standard InChI is InChI=1S/C47H74N6O14/c1-30(2)37-28-41(57)53(45(37)60)18-20-64-22-24-66-26-25-65-23-21-63-19-16-40(56)51-38(15-10-33(7)54)44(59)52-42(31(3)4)39(55)27-35(9-8-17-49-47(48)62)43(58)50-36-13-11-34(12-14-36)29-67-46(61)32(5)6/h11-14,30-32,35,37-38,42H,8-10,15-29H2,1-7H3,(H,50,58)(H,51,56)(H,52,59)(H3,48,49,62)/t35-,37?,38-,42+/m1/s1. The van der Waals surface area contributed by atoms with Gasteiger partial charge < -0.3 is 55.5 Å². The Morgan fingerprint density at radius 1 is 0.761 bits per heavy atom. The molecule has 6 N–H and O–H groups in total. The fourth-order valence-electron chi connectivity index (χ4n) is 6.81. The van der Waals surface area contributed by atoms with Crippen LogP contribution in [0.25, 0.3) is 0 Å². The summed E-state index contributed by atoms with van der Waals surface area (Å²) in [6.07, 6.45) is 0.416. The molecule has 20 nitrogen and oxygen atoms in total. The van der Waals surface area contributed by atoms with E-state index < -0.39 is 53.5 Å². The van der Waals surface area contributed by atoms with Crippen molar-refractivity contribution >= 4 is 58.8 Å². The van der Waals surface area contributed by atoms with Crippen molar-refractivity contribution in [2.24, 2.45) is 35.3 Å². The molecule has 0 bridgehead atoms. The molecule has 2 rings (SSSR count). The fourth-order valence-corrected chi connectivity index (χ4v) is 6.81. The Hall–Kier alpha value is -5.31. The van der Waals surface area contributed by atoms with Crippen molar-refractivity contribution in [1.82, 2.24) is 20.9 Å². The molecule has 1 aromatic rings. The molecule has 7 amide bonds. The molecule has 0 radical (unpaired) electrons. The van der Waals surface area contributed by atoms with Crippen molar-refractivity contribution in [3.8, 4) is 0 Å². The van der Waals surface area contributed by atoms with Gasteiger partial charge in [-0.15, -0.1) is 0 Å². The van der Waals surface area contributed by atoms with Crippen LogP contribution in [0.4, 0.5) is 10.5 Å². The Balaban J connectivity index is 1.82. The molecule has 0 aromatic heterocycles. The van der Waals surface area contributed by atoms with Crippen molar-refractivity contribution in [2.45, 2.75) is 112 Å². The minimum absolute atomic E-state index is 0.00310. The van der Waals surface area contributed by atoms with Gasteiger partial charge in [-0.05, 0) is 55.7 Å². The zero-order valence-corrected chi connectivity index (χ0v) is 40.3. The molecule has 67 heavy (non-hydrogen) atoms. The topological polar surface area (TPSA) is 277 Å². The van der Waals surface area contributed by atoms with Gasteiger partial charge in [0.1, 0.15) is 18.4 Å². The van der Waals surface area contributed by atoms with Crippen molar-refractivity contribution in [3.63, 3.8) is 0 Å². The average molecular weight is 947 g/mol. The lowest BCUT2D eigenvalue weighted by Gasteiger charge is -2.26. The van der Waals surface area contributed by atoms with E-state index >= 15 is 0 Å². The number of ketones is 2. The Morgan fingerprint density at radius 3 is 1.90 bits per heavy atom. The van der Waals surface area contributed by atoms with Crippen LogP contribution < -0.4 is 27.0 Å². The smallest absolute Gasteiger partial charge is 0.312 e. The molecule has 1 fully saturated rings. The number of imide groups is 1. The van der Waals surface area contributed by atoms with E-state index in [4.69, 9.17) is 29.4 Å². The molecular weight excluding hydrogens is 873 g/mol. The van der Waals surface area contributed by atoms with E-state index in [9.17, 15) is 43.2 Å². The zero-order valence-electron chi connectivity index (χ0n) is 40.3. The number of carbonyl (C=O) groups excluding carboxylic acids is 9. The molecule has 0 saturated carbocycles. The molecule has 1 heterocycles. The highest BCUT2D eigenvalue weighted by molar-refractivity contribution is 6.03. The van der Waals surface area contributed by atoms with Gasteiger partial charge in [-0.2, -0.15) is 0 Å². The lowest BCUT2D eigenvalue weighted by molar-refractivity contribution is -0.148. The average Bonchev–Trinajstić information content (AvgIpc) is 3.56. The van der Waals surface area contributed by atoms with Crippen LogP contribution in [-0.2, 0) is 68.6 Å². The van der Waals surface area contributed by atoms with E-state index in [0.717, 1.165) is 0 Å². The molecule has 1 aliphatic rings. The first kappa shape index (κ1) is 57.8. The molecule has 20 heteroatoms. The quantitative estimate of drug-likeness (QED) is 0.0372. The molecule has 0 spiro atoms. The number of anilines is 1. The van der Waals surface area contributed by atoms with E-state index in [-0.39, 0.29) is 126 Å². The maximum Gasteiger partial charge on any atom is 0.312 e. The van der Waals surface area contributed by atoms with E-state index in [1.807, 2.05) is 13.8 Å². The summed E-state index contributed by atoms with van der Waals surface area (Å²) in [7, 11) is 0. The number of primary amides is 1. The van der Waals surface area contributed by atoms with Gasteiger partial charge in [0.25, 0.3) is 0 Å². The van der Waals surface area contributed by atoms with E-state index in [1.165, 1.54) is 11.8 Å². The number of esters is 1. The molecule has 1 saturated heterocycles. The summed E-state index contributed by atoms with van der Waals surface area (Å²) in [5.41, 5.74) is 6.35. The normalized spacial score (nSPS) is 15.1. The van der Waals surface area contributed by atoms with Gasteiger partial charge in [0, 0.05) is 49.8 Å². The van der Waals surface area contributed by atoms with E-state index in [1.54, 1.807) is 52.0 Å². The number of nitrogens with two attached hydrogens (primary N) is 1. The first-order valence-electron chi connectivity index (χ1n) is 23.2. The molecule has 0 aliphatic carbocycles. The highest BCUT2D eigenvalue weighted by Crippen LogP contribution is 2.26.